The molecule has 13 heavy (non-hydrogen) atoms. The van der Waals surface area contributed by atoms with E-state index in [1.54, 1.807) is 0 Å². The summed E-state index contributed by atoms with van der Waals surface area (Å²) in [6.07, 6.45) is 8.30. The van der Waals surface area contributed by atoms with Gasteiger partial charge in [0.15, 0.2) is 0 Å². The first-order valence-electron chi connectivity index (χ1n) is 5.25. The summed E-state index contributed by atoms with van der Waals surface area (Å²) in [6.45, 7) is 4.71. The van der Waals surface area contributed by atoms with Crippen LogP contribution in [-0.2, 0) is 12.8 Å². The van der Waals surface area contributed by atoms with Crippen LogP contribution in [0.1, 0.15) is 44.4 Å². The van der Waals surface area contributed by atoms with Crippen molar-refractivity contribution in [1.29, 1.82) is 0 Å². The molecule has 2 heteroatoms. The molecule has 1 N–H and O–H groups in total. The number of fused-ring (bicyclic) bond motifs is 1. The van der Waals surface area contributed by atoms with Gasteiger partial charge in [-0.15, -0.1) is 0 Å². The average Bonchev–Trinajstić information content (AvgIpc) is 2.54. The molecule has 1 aliphatic carbocycles. The van der Waals surface area contributed by atoms with E-state index < -0.39 is 0 Å². The Morgan fingerprint density at radius 1 is 1.46 bits per heavy atom. The summed E-state index contributed by atoms with van der Waals surface area (Å²) in [4.78, 5) is 0. The molecule has 72 valence electrons. The molecule has 0 saturated carbocycles. The van der Waals surface area contributed by atoms with Crippen molar-refractivity contribution in [2.45, 2.75) is 46.0 Å². The zero-order valence-electron chi connectivity index (χ0n) is 8.56. The lowest BCUT2D eigenvalue weighted by atomic mass is 9.80. The molecule has 1 aromatic heterocycles. The molecule has 0 radical (unpaired) electrons. The van der Waals surface area contributed by atoms with E-state index in [0.29, 0.717) is 5.41 Å². The number of aromatic nitrogens is 2. The van der Waals surface area contributed by atoms with Crippen LogP contribution < -0.4 is 0 Å². The molecular weight excluding hydrogens is 160 g/mol. The summed E-state index contributed by atoms with van der Waals surface area (Å²) in [6, 6.07) is 0. The molecule has 1 unspecified atom stereocenters. The number of H-pyrrole nitrogens is 1. The molecular formula is C11H18N2. The third-order valence-electron chi connectivity index (χ3n) is 3.64. The molecule has 2 nitrogen and oxygen atoms in total. The smallest absolute Gasteiger partial charge is 0.0522 e. The van der Waals surface area contributed by atoms with Crippen molar-refractivity contribution in [3.05, 3.63) is 17.5 Å². The first-order valence-corrected chi connectivity index (χ1v) is 5.25. The number of hydrogen-bond donors (Lipinski definition) is 1. The second-order valence-corrected chi connectivity index (χ2v) is 4.54. The lowest BCUT2D eigenvalue weighted by molar-refractivity contribution is 0.268. The van der Waals surface area contributed by atoms with Gasteiger partial charge in [0.2, 0.25) is 0 Å². The Labute approximate surface area is 79.7 Å². The second kappa shape index (κ2) is 3.17. The zero-order valence-corrected chi connectivity index (χ0v) is 8.56. The monoisotopic (exact) mass is 178 g/mol. The Kier molecular flexibility index (Phi) is 2.14. The predicted molar refractivity (Wildman–Crippen MR) is 53.6 cm³/mol. The van der Waals surface area contributed by atoms with Gasteiger partial charge in [-0.2, -0.15) is 5.10 Å². The summed E-state index contributed by atoms with van der Waals surface area (Å²) in [5.41, 5.74) is 3.37. The molecule has 2 rings (SSSR count). The van der Waals surface area contributed by atoms with Crippen LogP contribution in [0.15, 0.2) is 6.20 Å². The molecule has 0 saturated heterocycles. The lowest BCUT2D eigenvalue weighted by Gasteiger charge is -2.25. The van der Waals surface area contributed by atoms with Gasteiger partial charge >= 0.3 is 0 Å². The van der Waals surface area contributed by atoms with Crippen molar-refractivity contribution in [3.8, 4) is 0 Å². The Balaban J connectivity index is 2.16. The molecule has 0 aromatic carbocycles. The minimum atomic E-state index is 0.555. The van der Waals surface area contributed by atoms with Crippen molar-refractivity contribution in [2.75, 3.05) is 0 Å². The molecule has 1 aromatic rings. The largest absolute Gasteiger partial charge is 0.282 e. The number of nitrogens with one attached hydrogen (secondary N) is 1. The first-order chi connectivity index (χ1) is 6.23. The maximum absolute atomic E-state index is 4.09. The van der Waals surface area contributed by atoms with E-state index >= 15 is 0 Å². The molecule has 0 fully saturated rings. The Hall–Kier alpha value is -0.790. The van der Waals surface area contributed by atoms with Crippen LogP contribution in [-0.4, -0.2) is 10.2 Å². The van der Waals surface area contributed by atoms with Crippen LogP contribution in [0.5, 0.6) is 0 Å². The van der Waals surface area contributed by atoms with Crippen molar-refractivity contribution < 1.29 is 0 Å². The minimum absolute atomic E-state index is 0.555. The topological polar surface area (TPSA) is 28.7 Å². The molecule has 1 aliphatic rings. The third kappa shape index (κ3) is 1.62. The van der Waals surface area contributed by atoms with E-state index in [1.165, 1.54) is 43.4 Å². The fourth-order valence-electron chi connectivity index (χ4n) is 2.11. The van der Waals surface area contributed by atoms with Crippen LogP contribution in [0, 0.1) is 5.41 Å². The number of aryl methyl sites for hydroxylation is 2. The standard InChI is InChI=1S/C11H18N2/c1-3-11(2)6-4-9-8-12-13-10(9)5-7-11/h8H,3-7H2,1-2H3,(H,12,13). The van der Waals surface area contributed by atoms with Crippen LogP contribution >= 0.6 is 0 Å². The maximum Gasteiger partial charge on any atom is 0.0522 e. The fourth-order valence-corrected chi connectivity index (χ4v) is 2.11. The summed E-state index contributed by atoms with van der Waals surface area (Å²) in [7, 11) is 0. The molecule has 1 atom stereocenters. The van der Waals surface area contributed by atoms with Gasteiger partial charge in [0.05, 0.1) is 6.20 Å². The molecule has 1 heterocycles. The first kappa shape index (κ1) is 8.79. The molecule has 0 spiro atoms. The van der Waals surface area contributed by atoms with Gasteiger partial charge in [-0.3, -0.25) is 5.10 Å². The maximum atomic E-state index is 4.09. The quantitative estimate of drug-likeness (QED) is 0.658. The highest BCUT2D eigenvalue weighted by atomic mass is 15.1. The van der Waals surface area contributed by atoms with Gasteiger partial charge in [0, 0.05) is 5.69 Å². The number of nitrogens with zero attached hydrogens (tertiary/aromatic N) is 1. The van der Waals surface area contributed by atoms with E-state index in [4.69, 9.17) is 0 Å². The Bertz CT molecular complexity index is 266. The molecule has 0 aliphatic heterocycles. The van der Waals surface area contributed by atoms with Gasteiger partial charge in [-0.25, -0.2) is 0 Å². The summed E-state index contributed by atoms with van der Waals surface area (Å²) >= 11 is 0. The van der Waals surface area contributed by atoms with E-state index in [0.717, 1.165) is 0 Å². The van der Waals surface area contributed by atoms with Crippen molar-refractivity contribution in [2.24, 2.45) is 5.41 Å². The minimum Gasteiger partial charge on any atom is -0.282 e. The van der Waals surface area contributed by atoms with Crippen molar-refractivity contribution in [1.82, 2.24) is 10.2 Å². The second-order valence-electron chi connectivity index (χ2n) is 4.54. The third-order valence-corrected chi connectivity index (χ3v) is 3.64. The van der Waals surface area contributed by atoms with Crippen LogP contribution in [0.3, 0.4) is 0 Å². The van der Waals surface area contributed by atoms with Crippen LogP contribution in [0.2, 0.25) is 0 Å². The average molecular weight is 178 g/mol. The highest BCUT2D eigenvalue weighted by Crippen LogP contribution is 2.36. The number of rotatable bonds is 1. The highest BCUT2D eigenvalue weighted by molar-refractivity contribution is 5.18. The summed E-state index contributed by atoms with van der Waals surface area (Å²) < 4.78 is 0. The molecule has 0 amide bonds. The van der Waals surface area contributed by atoms with Gasteiger partial charge in [0.1, 0.15) is 0 Å². The Morgan fingerprint density at radius 3 is 3.00 bits per heavy atom. The van der Waals surface area contributed by atoms with Gasteiger partial charge < -0.3 is 0 Å². The number of hydrogen-bond acceptors (Lipinski definition) is 1. The van der Waals surface area contributed by atoms with Gasteiger partial charge in [0.25, 0.3) is 0 Å². The van der Waals surface area contributed by atoms with Crippen LogP contribution in [0.4, 0.5) is 0 Å². The summed E-state index contributed by atoms with van der Waals surface area (Å²) in [5, 5.41) is 7.20. The fraction of sp³-hybridized carbons (Fsp3) is 0.727. The zero-order chi connectivity index (χ0) is 9.31. The normalized spacial score (nSPS) is 28.2. The van der Waals surface area contributed by atoms with E-state index in [9.17, 15) is 0 Å². The predicted octanol–water partition coefficient (Wildman–Crippen LogP) is 2.70. The summed E-state index contributed by atoms with van der Waals surface area (Å²) in [5.74, 6) is 0. The van der Waals surface area contributed by atoms with Gasteiger partial charge in [-0.05, 0) is 36.7 Å². The van der Waals surface area contributed by atoms with Crippen molar-refractivity contribution in [3.63, 3.8) is 0 Å². The van der Waals surface area contributed by atoms with E-state index in [1.807, 2.05) is 6.20 Å². The molecule has 0 bridgehead atoms. The van der Waals surface area contributed by atoms with Crippen LogP contribution in [0.25, 0.3) is 0 Å². The Morgan fingerprint density at radius 2 is 2.23 bits per heavy atom. The number of aromatic amines is 1. The lowest BCUT2D eigenvalue weighted by Crippen LogP contribution is -2.15. The highest BCUT2D eigenvalue weighted by Gasteiger charge is 2.25. The van der Waals surface area contributed by atoms with E-state index in [2.05, 4.69) is 24.0 Å². The van der Waals surface area contributed by atoms with Crippen molar-refractivity contribution >= 4 is 0 Å². The van der Waals surface area contributed by atoms with E-state index in [-0.39, 0.29) is 0 Å². The SMILES string of the molecule is CCC1(C)CCc2cn[nH]c2CC1. The van der Waals surface area contributed by atoms with Gasteiger partial charge in [-0.1, -0.05) is 20.3 Å².